The second kappa shape index (κ2) is 11.1. The normalized spacial score (nSPS) is 21.2. The second-order valence-electron chi connectivity index (χ2n) is 12.1. The zero-order valence-electron chi connectivity index (χ0n) is 24.0. The topological polar surface area (TPSA) is 61.9 Å². The molecular formula is C33H36F3N3O3. The van der Waals surface area contributed by atoms with Crippen molar-refractivity contribution in [1.82, 2.24) is 15.1 Å². The highest BCUT2D eigenvalue weighted by atomic mass is 19.4. The van der Waals surface area contributed by atoms with Crippen molar-refractivity contribution >= 4 is 12.0 Å². The number of alkyl halides is 3. The van der Waals surface area contributed by atoms with Crippen LogP contribution in [0, 0.1) is 0 Å². The first kappa shape index (κ1) is 29.6. The van der Waals surface area contributed by atoms with Crippen LogP contribution in [0.1, 0.15) is 50.3 Å². The number of hydrogen-bond acceptors (Lipinski definition) is 4. The zero-order chi connectivity index (χ0) is 30.2. The van der Waals surface area contributed by atoms with Crippen molar-refractivity contribution in [3.05, 3.63) is 108 Å². The number of rotatable bonds is 6. The fourth-order valence-electron chi connectivity index (χ4n) is 6.64. The van der Waals surface area contributed by atoms with E-state index in [1.54, 1.807) is 25.7 Å². The van der Waals surface area contributed by atoms with E-state index in [1.807, 2.05) is 54.6 Å². The van der Waals surface area contributed by atoms with Gasteiger partial charge in [-0.1, -0.05) is 91.0 Å². The van der Waals surface area contributed by atoms with E-state index in [-0.39, 0.29) is 19.1 Å². The van der Waals surface area contributed by atoms with Gasteiger partial charge in [0.05, 0.1) is 11.1 Å². The van der Waals surface area contributed by atoms with Crippen LogP contribution in [0.25, 0.3) is 0 Å². The maximum Gasteiger partial charge on any atom is 0.471 e. The lowest BCUT2D eigenvalue weighted by Gasteiger charge is -2.55. The van der Waals surface area contributed by atoms with Gasteiger partial charge in [-0.25, -0.2) is 4.79 Å². The zero-order valence-corrected chi connectivity index (χ0v) is 24.0. The Morgan fingerprint density at radius 1 is 0.857 bits per heavy atom. The van der Waals surface area contributed by atoms with Crippen molar-refractivity contribution in [2.45, 2.75) is 62.5 Å². The van der Waals surface area contributed by atoms with Gasteiger partial charge >= 0.3 is 18.2 Å². The third-order valence-electron chi connectivity index (χ3n) is 8.21. The van der Waals surface area contributed by atoms with E-state index in [2.05, 4.69) is 46.6 Å². The molecule has 2 amide bonds. The lowest BCUT2D eigenvalue weighted by molar-refractivity contribution is -0.174. The lowest BCUT2D eigenvalue weighted by Crippen LogP contribution is -2.70. The smallest absolute Gasteiger partial charge is 0.444 e. The van der Waals surface area contributed by atoms with Crippen LogP contribution in [0.2, 0.25) is 0 Å². The maximum absolute atomic E-state index is 13.6. The lowest BCUT2D eigenvalue weighted by atomic mass is 9.74. The molecule has 9 heteroatoms. The van der Waals surface area contributed by atoms with E-state index in [0.717, 1.165) is 16.7 Å². The van der Waals surface area contributed by atoms with Crippen LogP contribution in [0.4, 0.5) is 18.0 Å². The molecular weight excluding hydrogens is 543 g/mol. The molecule has 2 heterocycles. The van der Waals surface area contributed by atoms with Gasteiger partial charge < -0.3 is 10.1 Å². The van der Waals surface area contributed by atoms with Gasteiger partial charge in [-0.15, -0.1) is 0 Å². The predicted octanol–water partition coefficient (Wildman–Crippen LogP) is 6.11. The molecule has 2 saturated heterocycles. The van der Waals surface area contributed by atoms with E-state index in [4.69, 9.17) is 4.74 Å². The summed E-state index contributed by atoms with van der Waals surface area (Å²) in [7, 11) is 0. The minimum atomic E-state index is -5.04. The summed E-state index contributed by atoms with van der Waals surface area (Å²) < 4.78 is 45.7. The number of halogens is 3. The monoisotopic (exact) mass is 579 g/mol. The SMILES string of the molecule is CC(C)(C)OC(=O)N1C2CCC1(CNC(=O)C(F)(F)F)CN(C(c1ccccc1)(c1ccccc1)c1ccccc1)C2. The summed E-state index contributed by atoms with van der Waals surface area (Å²) in [6.07, 6.45) is -4.65. The standard InChI is InChI=1S/C33H36F3N3O3/c1-30(2,3)42-29(41)39-27-19-20-31(39,22-37-28(40)33(34,35)36)23-38(21-27)32(24-13-7-4-8-14-24,25-15-9-5-10-16-25)26-17-11-6-12-18-26/h4-18,27H,19-23H2,1-3H3,(H,37,40). The van der Waals surface area contributed by atoms with Crippen LogP contribution >= 0.6 is 0 Å². The molecule has 2 fully saturated rings. The van der Waals surface area contributed by atoms with E-state index in [1.165, 1.54) is 0 Å². The first-order valence-electron chi connectivity index (χ1n) is 14.2. The molecule has 222 valence electrons. The molecule has 5 rings (SSSR count). The van der Waals surface area contributed by atoms with Gasteiger partial charge in [0.1, 0.15) is 5.60 Å². The Labute approximate surface area is 244 Å². The summed E-state index contributed by atoms with van der Waals surface area (Å²) in [6, 6.07) is 29.7. The van der Waals surface area contributed by atoms with Crippen molar-refractivity contribution < 1.29 is 27.5 Å². The molecule has 0 radical (unpaired) electrons. The largest absolute Gasteiger partial charge is 0.471 e. The van der Waals surface area contributed by atoms with Crippen LogP contribution in [-0.2, 0) is 15.1 Å². The van der Waals surface area contributed by atoms with Gasteiger partial charge in [0.25, 0.3) is 0 Å². The van der Waals surface area contributed by atoms with E-state index in [9.17, 15) is 22.8 Å². The number of fused-ring (bicyclic) bond motifs is 2. The summed E-state index contributed by atoms with van der Waals surface area (Å²) in [5.41, 5.74) is 0.207. The molecule has 2 bridgehead atoms. The quantitative estimate of drug-likeness (QED) is 0.358. The van der Waals surface area contributed by atoms with E-state index < -0.39 is 34.9 Å². The first-order valence-corrected chi connectivity index (χ1v) is 14.2. The number of nitrogens with zero attached hydrogens (tertiary/aromatic N) is 2. The average molecular weight is 580 g/mol. The molecule has 3 aromatic rings. The number of ether oxygens (including phenoxy) is 1. The minimum Gasteiger partial charge on any atom is -0.444 e. The Kier molecular flexibility index (Phi) is 7.83. The van der Waals surface area contributed by atoms with Gasteiger partial charge in [0.15, 0.2) is 0 Å². The fraction of sp³-hybridized carbons (Fsp3) is 0.394. The summed E-state index contributed by atoms with van der Waals surface area (Å²) >= 11 is 0. The second-order valence-corrected chi connectivity index (χ2v) is 12.1. The predicted molar refractivity (Wildman–Crippen MR) is 154 cm³/mol. The van der Waals surface area contributed by atoms with Crippen molar-refractivity contribution in [3.8, 4) is 0 Å². The number of likely N-dealkylation sites (tertiary alicyclic amines) is 1. The summed E-state index contributed by atoms with van der Waals surface area (Å²) in [5, 5.41) is 2.11. The number of hydrogen-bond donors (Lipinski definition) is 1. The molecule has 2 aliphatic heterocycles. The molecule has 42 heavy (non-hydrogen) atoms. The van der Waals surface area contributed by atoms with Crippen molar-refractivity contribution in [2.75, 3.05) is 19.6 Å². The van der Waals surface area contributed by atoms with Gasteiger partial charge in [-0.2, -0.15) is 13.2 Å². The number of carbonyl (C=O) groups excluding carboxylic acids is 2. The average Bonchev–Trinajstić information content (AvgIpc) is 3.19. The Hall–Kier alpha value is -3.85. The molecule has 0 saturated carbocycles. The summed E-state index contributed by atoms with van der Waals surface area (Å²) in [5.74, 6) is -2.03. The van der Waals surface area contributed by atoms with Crippen LogP contribution in [0.15, 0.2) is 91.0 Å². The molecule has 1 N–H and O–H groups in total. The Morgan fingerprint density at radius 2 is 1.33 bits per heavy atom. The first-order chi connectivity index (χ1) is 19.9. The van der Waals surface area contributed by atoms with E-state index >= 15 is 0 Å². The van der Waals surface area contributed by atoms with Gasteiger partial charge in [-0.05, 0) is 50.3 Å². The number of piperazine rings is 1. The third-order valence-corrected chi connectivity index (χ3v) is 8.21. The molecule has 2 aliphatic rings. The van der Waals surface area contributed by atoms with E-state index in [0.29, 0.717) is 19.4 Å². The number of amides is 2. The highest BCUT2D eigenvalue weighted by molar-refractivity contribution is 5.82. The summed E-state index contributed by atoms with van der Waals surface area (Å²) in [6.45, 7) is 5.57. The van der Waals surface area contributed by atoms with Crippen LogP contribution in [0.3, 0.4) is 0 Å². The minimum absolute atomic E-state index is 0.208. The number of benzene rings is 3. The number of nitrogens with one attached hydrogen (secondary N) is 1. The molecule has 0 spiro atoms. The van der Waals surface area contributed by atoms with Crippen molar-refractivity contribution in [2.24, 2.45) is 0 Å². The molecule has 2 atom stereocenters. The van der Waals surface area contributed by atoms with Crippen molar-refractivity contribution in [3.63, 3.8) is 0 Å². The van der Waals surface area contributed by atoms with Gasteiger partial charge in [-0.3, -0.25) is 14.6 Å². The molecule has 2 unspecified atom stereocenters. The molecule has 6 nitrogen and oxygen atoms in total. The van der Waals surface area contributed by atoms with Crippen LogP contribution in [-0.4, -0.2) is 64.8 Å². The Morgan fingerprint density at radius 3 is 1.76 bits per heavy atom. The third kappa shape index (κ3) is 5.50. The summed E-state index contributed by atoms with van der Waals surface area (Å²) in [4.78, 5) is 29.5. The van der Waals surface area contributed by atoms with Gasteiger partial charge in [0.2, 0.25) is 0 Å². The van der Waals surface area contributed by atoms with Crippen molar-refractivity contribution in [1.29, 1.82) is 0 Å². The molecule has 0 aliphatic carbocycles. The molecule has 0 aromatic heterocycles. The fourth-order valence-corrected chi connectivity index (χ4v) is 6.64. The number of carbonyl (C=O) groups is 2. The maximum atomic E-state index is 13.6. The Bertz CT molecular complexity index is 1300. The van der Waals surface area contributed by atoms with Crippen LogP contribution in [0.5, 0.6) is 0 Å². The highest BCUT2D eigenvalue weighted by Gasteiger charge is 2.59. The molecule has 3 aromatic carbocycles. The van der Waals surface area contributed by atoms with Crippen LogP contribution < -0.4 is 5.32 Å². The highest BCUT2D eigenvalue weighted by Crippen LogP contribution is 2.49. The Balaban J connectivity index is 1.67. The van der Waals surface area contributed by atoms with Gasteiger partial charge in [0, 0.05) is 25.7 Å².